The molecule has 0 fully saturated rings. The van der Waals surface area contributed by atoms with Crippen molar-refractivity contribution >= 4 is 28.3 Å². The summed E-state index contributed by atoms with van der Waals surface area (Å²) in [5, 5.41) is 4.90. The highest BCUT2D eigenvalue weighted by Crippen LogP contribution is 2.18. The molecule has 0 radical (unpaired) electrons. The minimum Gasteiger partial charge on any atom is -0.369 e. The highest BCUT2D eigenvalue weighted by molar-refractivity contribution is 7.14. The molecule has 1 heterocycles. The van der Waals surface area contributed by atoms with E-state index in [0.29, 0.717) is 16.4 Å². The van der Waals surface area contributed by atoms with Gasteiger partial charge in [0.05, 0.1) is 12.1 Å². The highest BCUT2D eigenvalue weighted by Gasteiger charge is 2.12. The number of primary amides is 1. The number of amides is 2. The summed E-state index contributed by atoms with van der Waals surface area (Å²) >= 11 is 1.27. The number of aryl methyl sites for hydroxylation is 2. The number of carbonyl (C=O) groups excluding carboxylic acids is 2. The maximum atomic E-state index is 12.1. The van der Waals surface area contributed by atoms with Crippen molar-refractivity contribution < 1.29 is 9.59 Å². The summed E-state index contributed by atoms with van der Waals surface area (Å²) in [7, 11) is 0. The Bertz CT molecular complexity index is 664. The predicted octanol–water partition coefficient (Wildman–Crippen LogP) is 2.04. The topological polar surface area (TPSA) is 85.1 Å². The van der Waals surface area contributed by atoms with Crippen molar-refractivity contribution in [1.82, 2.24) is 4.98 Å². The molecule has 6 heteroatoms. The van der Waals surface area contributed by atoms with E-state index in [1.54, 1.807) is 11.4 Å². The van der Waals surface area contributed by atoms with E-state index >= 15 is 0 Å². The summed E-state index contributed by atoms with van der Waals surface area (Å²) in [5.74, 6) is -0.648. The molecule has 0 bridgehead atoms. The van der Waals surface area contributed by atoms with Gasteiger partial charge in [-0.05, 0) is 25.5 Å². The summed E-state index contributed by atoms with van der Waals surface area (Å²) in [6.07, 6.45) is 0.0793. The number of nitrogens with zero attached hydrogens (tertiary/aromatic N) is 1. The molecule has 0 unspecified atom stereocenters. The monoisotopic (exact) mass is 289 g/mol. The predicted molar refractivity (Wildman–Crippen MR) is 78.9 cm³/mol. The maximum absolute atomic E-state index is 12.1. The number of thiazole rings is 1. The van der Waals surface area contributed by atoms with Crippen molar-refractivity contribution in [2.75, 3.05) is 5.32 Å². The van der Waals surface area contributed by atoms with Crippen LogP contribution in [-0.2, 0) is 11.2 Å². The second-order valence-corrected chi connectivity index (χ2v) is 5.42. The van der Waals surface area contributed by atoms with Crippen LogP contribution in [0.15, 0.2) is 23.6 Å². The molecule has 0 saturated heterocycles. The van der Waals surface area contributed by atoms with Crippen molar-refractivity contribution in [3.05, 3.63) is 46.0 Å². The number of carbonyl (C=O) groups is 2. The summed E-state index contributed by atoms with van der Waals surface area (Å²) in [4.78, 5) is 27.1. The van der Waals surface area contributed by atoms with Gasteiger partial charge in [-0.15, -0.1) is 11.3 Å². The van der Waals surface area contributed by atoms with E-state index in [1.807, 2.05) is 26.0 Å². The number of aromatic nitrogens is 1. The van der Waals surface area contributed by atoms with Gasteiger partial charge in [0.2, 0.25) is 5.91 Å². The molecule has 0 aliphatic rings. The van der Waals surface area contributed by atoms with Gasteiger partial charge in [-0.1, -0.05) is 17.7 Å². The fraction of sp³-hybridized carbons (Fsp3) is 0.214. The van der Waals surface area contributed by atoms with Crippen LogP contribution in [0.4, 0.5) is 5.13 Å². The summed E-state index contributed by atoms with van der Waals surface area (Å²) < 4.78 is 0. The van der Waals surface area contributed by atoms with Crippen LogP contribution in [0.3, 0.4) is 0 Å². The molecule has 20 heavy (non-hydrogen) atoms. The van der Waals surface area contributed by atoms with Crippen LogP contribution in [-0.4, -0.2) is 16.8 Å². The second-order valence-electron chi connectivity index (χ2n) is 4.56. The van der Waals surface area contributed by atoms with E-state index in [-0.39, 0.29) is 12.3 Å². The standard InChI is InChI=1S/C14H15N3O2S/c1-8-3-4-11(9(2)5-8)13(19)17-14-16-10(7-20-14)6-12(15)18/h3-5,7H,6H2,1-2H3,(H2,15,18)(H,16,17,19). The first kappa shape index (κ1) is 14.2. The summed E-state index contributed by atoms with van der Waals surface area (Å²) in [6, 6.07) is 5.63. The molecule has 0 aliphatic carbocycles. The zero-order chi connectivity index (χ0) is 14.7. The molecule has 2 aromatic rings. The van der Waals surface area contributed by atoms with Crippen LogP contribution < -0.4 is 11.1 Å². The number of nitrogens with two attached hydrogens (primary N) is 1. The van der Waals surface area contributed by atoms with Gasteiger partial charge < -0.3 is 5.73 Å². The zero-order valence-electron chi connectivity index (χ0n) is 11.3. The Labute approximate surface area is 120 Å². The minimum absolute atomic E-state index is 0.0793. The molecule has 0 aliphatic heterocycles. The molecule has 0 spiro atoms. The van der Waals surface area contributed by atoms with Crippen molar-refractivity contribution in [1.29, 1.82) is 0 Å². The van der Waals surface area contributed by atoms with Gasteiger partial charge in [0.15, 0.2) is 5.13 Å². The average molecular weight is 289 g/mol. The Balaban J connectivity index is 2.11. The first-order chi connectivity index (χ1) is 9.45. The molecular formula is C14H15N3O2S. The van der Waals surface area contributed by atoms with E-state index in [0.717, 1.165) is 11.1 Å². The van der Waals surface area contributed by atoms with Crippen LogP contribution in [0.5, 0.6) is 0 Å². The van der Waals surface area contributed by atoms with Gasteiger partial charge in [-0.25, -0.2) is 4.98 Å². The first-order valence-electron chi connectivity index (χ1n) is 6.07. The van der Waals surface area contributed by atoms with E-state index in [2.05, 4.69) is 10.3 Å². The third kappa shape index (κ3) is 3.42. The number of benzene rings is 1. The van der Waals surface area contributed by atoms with Crippen LogP contribution in [0, 0.1) is 13.8 Å². The summed E-state index contributed by atoms with van der Waals surface area (Å²) in [5.41, 5.74) is 8.30. The molecular weight excluding hydrogens is 274 g/mol. The molecule has 0 saturated carbocycles. The Kier molecular flexibility index (Phi) is 4.14. The van der Waals surface area contributed by atoms with Gasteiger partial charge in [0.25, 0.3) is 5.91 Å². The van der Waals surface area contributed by atoms with Crippen LogP contribution in [0.2, 0.25) is 0 Å². The number of anilines is 1. The molecule has 3 N–H and O–H groups in total. The van der Waals surface area contributed by atoms with E-state index in [1.165, 1.54) is 11.3 Å². The average Bonchev–Trinajstić information content (AvgIpc) is 2.75. The van der Waals surface area contributed by atoms with E-state index < -0.39 is 5.91 Å². The molecule has 104 valence electrons. The van der Waals surface area contributed by atoms with E-state index in [9.17, 15) is 9.59 Å². The molecule has 1 aromatic heterocycles. The molecule has 5 nitrogen and oxygen atoms in total. The van der Waals surface area contributed by atoms with Gasteiger partial charge in [-0.3, -0.25) is 14.9 Å². The Morgan fingerprint density at radius 3 is 2.75 bits per heavy atom. The van der Waals surface area contributed by atoms with Crippen molar-refractivity contribution in [3.8, 4) is 0 Å². The number of hydrogen-bond acceptors (Lipinski definition) is 4. The van der Waals surface area contributed by atoms with Gasteiger partial charge in [0, 0.05) is 10.9 Å². The Morgan fingerprint density at radius 1 is 1.35 bits per heavy atom. The van der Waals surface area contributed by atoms with Crippen LogP contribution in [0.25, 0.3) is 0 Å². The van der Waals surface area contributed by atoms with Gasteiger partial charge in [0.1, 0.15) is 0 Å². The number of rotatable bonds is 4. The molecule has 2 rings (SSSR count). The maximum Gasteiger partial charge on any atom is 0.257 e. The fourth-order valence-corrected chi connectivity index (χ4v) is 2.56. The normalized spacial score (nSPS) is 10.3. The highest BCUT2D eigenvalue weighted by atomic mass is 32.1. The molecule has 0 atom stereocenters. The lowest BCUT2D eigenvalue weighted by Crippen LogP contribution is -2.15. The van der Waals surface area contributed by atoms with Gasteiger partial charge in [-0.2, -0.15) is 0 Å². The largest absolute Gasteiger partial charge is 0.369 e. The zero-order valence-corrected chi connectivity index (χ0v) is 12.1. The SMILES string of the molecule is Cc1ccc(C(=O)Nc2nc(CC(N)=O)cs2)c(C)c1. The fourth-order valence-electron chi connectivity index (χ4n) is 1.86. The smallest absolute Gasteiger partial charge is 0.257 e. The van der Waals surface area contributed by atoms with Crippen molar-refractivity contribution in [3.63, 3.8) is 0 Å². The lowest BCUT2D eigenvalue weighted by molar-refractivity contribution is -0.117. The van der Waals surface area contributed by atoms with Crippen molar-refractivity contribution in [2.24, 2.45) is 5.73 Å². The third-order valence-electron chi connectivity index (χ3n) is 2.75. The number of nitrogens with one attached hydrogen (secondary N) is 1. The Hall–Kier alpha value is -2.21. The summed E-state index contributed by atoms with van der Waals surface area (Å²) in [6.45, 7) is 3.87. The second kappa shape index (κ2) is 5.83. The minimum atomic E-state index is -0.442. The van der Waals surface area contributed by atoms with Crippen LogP contribution in [0.1, 0.15) is 27.2 Å². The quantitative estimate of drug-likeness (QED) is 0.903. The van der Waals surface area contributed by atoms with Crippen molar-refractivity contribution in [2.45, 2.75) is 20.3 Å². The molecule has 2 amide bonds. The lowest BCUT2D eigenvalue weighted by Gasteiger charge is -2.06. The van der Waals surface area contributed by atoms with Crippen LogP contribution >= 0.6 is 11.3 Å². The number of hydrogen-bond donors (Lipinski definition) is 2. The van der Waals surface area contributed by atoms with Gasteiger partial charge >= 0.3 is 0 Å². The third-order valence-corrected chi connectivity index (χ3v) is 3.56. The molecule has 1 aromatic carbocycles. The first-order valence-corrected chi connectivity index (χ1v) is 6.95. The Morgan fingerprint density at radius 2 is 2.10 bits per heavy atom. The van der Waals surface area contributed by atoms with E-state index in [4.69, 9.17) is 5.73 Å². The lowest BCUT2D eigenvalue weighted by atomic mass is 10.1.